The molecule has 0 fully saturated rings. The number of hydrogen-bond acceptors (Lipinski definition) is 4. The van der Waals surface area contributed by atoms with Gasteiger partial charge in [-0.15, -0.1) is 0 Å². The van der Waals surface area contributed by atoms with Gasteiger partial charge in [0.1, 0.15) is 18.1 Å². The Kier molecular flexibility index (Phi) is 6.60. The molecule has 2 N–H and O–H groups in total. The number of carbonyl (C=O) groups is 1. The van der Waals surface area contributed by atoms with Crippen molar-refractivity contribution in [1.82, 2.24) is 10.8 Å². The van der Waals surface area contributed by atoms with Gasteiger partial charge >= 0.3 is 0 Å². The highest BCUT2D eigenvalue weighted by Gasteiger charge is 2.07. The summed E-state index contributed by atoms with van der Waals surface area (Å²) in [6, 6.07) is 13.8. The maximum absolute atomic E-state index is 11.8. The van der Waals surface area contributed by atoms with Gasteiger partial charge in [-0.25, -0.2) is 0 Å². The topological polar surface area (TPSA) is 59.6 Å². The molecule has 25 heavy (non-hydrogen) atoms. The fraction of sp³-hybridized carbons (Fsp3) is 0.250. The van der Waals surface area contributed by atoms with E-state index >= 15 is 0 Å². The van der Waals surface area contributed by atoms with Crippen LogP contribution in [-0.4, -0.2) is 20.1 Å². The molecule has 0 saturated carbocycles. The van der Waals surface area contributed by atoms with E-state index in [-0.39, 0.29) is 5.91 Å². The third-order valence-corrected chi connectivity index (χ3v) is 3.83. The van der Waals surface area contributed by atoms with Gasteiger partial charge in [-0.3, -0.25) is 15.1 Å². The second kappa shape index (κ2) is 8.89. The van der Waals surface area contributed by atoms with E-state index < -0.39 is 0 Å². The van der Waals surface area contributed by atoms with Crippen molar-refractivity contribution in [3.63, 3.8) is 0 Å². The van der Waals surface area contributed by atoms with E-state index in [1.165, 1.54) is 18.2 Å². The molecule has 5 nitrogen and oxygen atoms in total. The summed E-state index contributed by atoms with van der Waals surface area (Å²) in [5.41, 5.74) is 7.37. The largest absolute Gasteiger partial charge is 0.489 e. The number of carbonyl (C=O) groups excluding carboxylic acids is 1. The molecule has 132 valence electrons. The molecule has 0 unspecified atom stereocenters. The van der Waals surface area contributed by atoms with Gasteiger partial charge in [-0.1, -0.05) is 30.3 Å². The molecule has 1 amide bonds. The highest BCUT2D eigenvalue weighted by molar-refractivity contribution is 5.96. The van der Waals surface area contributed by atoms with Crippen LogP contribution in [-0.2, 0) is 16.2 Å². The first-order chi connectivity index (χ1) is 12.0. The lowest BCUT2D eigenvalue weighted by Crippen LogP contribution is -2.28. The minimum atomic E-state index is -0.261. The van der Waals surface area contributed by atoms with Crippen LogP contribution in [0.1, 0.15) is 22.3 Å². The zero-order chi connectivity index (χ0) is 18.2. The van der Waals surface area contributed by atoms with Crippen molar-refractivity contribution in [2.24, 2.45) is 0 Å². The second-order valence-electron chi connectivity index (χ2n) is 5.72. The average molecular weight is 340 g/mol. The number of aryl methyl sites for hydroxylation is 2. The minimum absolute atomic E-state index is 0.261. The van der Waals surface area contributed by atoms with Gasteiger partial charge < -0.3 is 10.1 Å². The molecule has 2 aromatic carbocycles. The summed E-state index contributed by atoms with van der Waals surface area (Å²) in [5, 5.41) is 2.56. The van der Waals surface area contributed by atoms with Crippen molar-refractivity contribution in [3.05, 3.63) is 70.4 Å². The molecule has 2 rings (SSSR count). The second-order valence-corrected chi connectivity index (χ2v) is 5.72. The number of benzene rings is 2. The zero-order valence-corrected chi connectivity index (χ0v) is 15.1. The lowest BCUT2D eigenvalue weighted by atomic mass is 10.1. The van der Waals surface area contributed by atoms with Crippen molar-refractivity contribution in [3.8, 4) is 5.75 Å². The van der Waals surface area contributed by atoms with Crippen LogP contribution in [0.4, 0.5) is 0 Å². The van der Waals surface area contributed by atoms with Gasteiger partial charge in [0.25, 0.3) is 5.91 Å². The van der Waals surface area contributed by atoms with Crippen molar-refractivity contribution in [1.29, 1.82) is 0 Å². The molecule has 0 heterocycles. The van der Waals surface area contributed by atoms with Crippen molar-refractivity contribution in [2.75, 3.05) is 14.2 Å². The molecule has 5 heteroatoms. The zero-order valence-electron chi connectivity index (χ0n) is 15.1. The van der Waals surface area contributed by atoms with Crippen LogP contribution in [0.25, 0.3) is 6.08 Å². The lowest BCUT2D eigenvalue weighted by molar-refractivity contribution is -0.118. The third-order valence-electron chi connectivity index (χ3n) is 3.83. The average Bonchev–Trinajstić information content (AvgIpc) is 2.62. The van der Waals surface area contributed by atoms with Crippen LogP contribution in [0.2, 0.25) is 0 Å². The number of ether oxygens (including phenoxy) is 1. The van der Waals surface area contributed by atoms with Gasteiger partial charge in [0.2, 0.25) is 0 Å². The normalized spacial score (nSPS) is 11.1. The Balaban J connectivity index is 2.12. The standard InChI is InChI=1S/C20H24N2O3/c1-14-8-9-17(10-15(14)2)13-25-18-7-5-6-16(11-18)12-19(22-24-4)20(23)21-3/h5-12,22H,13H2,1-4H3,(H,21,23). The van der Waals surface area contributed by atoms with Gasteiger partial charge in [-0.2, -0.15) is 0 Å². The minimum Gasteiger partial charge on any atom is -0.489 e. The molecule has 0 saturated heterocycles. The van der Waals surface area contributed by atoms with Gasteiger partial charge in [0, 0.05) is 7.05 Å². The number of nitrogens with one attached hydrogen (secondary N) is 2. The first kappa shape index (κ1) is 18.5. The first-order valence-corrected chi connectivity index (χ1v) is 8.05. The summed E-state index contributed by atoms with van der Waals surface area (Å²) in [6.07, 6.45) is 1.70. The summed E-state index contributed by atoms with van der Waals surface area (Å²) in [4.78, 5) is 16.7. The molecule has 2 aromatic rings. The molecule has 0 radical (unpaired) electrons. The van der Waals surface area contributed by atoms with Crippen molar-refractivity contribution < 1.29 is 14.4 Å². The third kappa shape index (κ3) is 5.36. The first-order valence-electron chi connectivity index (χ1n) is 8.05. The summed E-state index contributed by atoms with van der Waals surface area (Å²) >= 11 is 0. The maximum Gasteiger partial charge on any atom is 0.269 e. The van der Waals surface area contributed by atoms with Crippen LogP contribution in [0.15, 0.2) is 48.2 Å². The Bertz CT molecular complexity index is 769. The fourth-order valence-corrected chi connectivity index (χ4v) is 2.31. The summed E-state index contributed by atoms with van der Waals surface area (Å²) in [5.74, 6) is 0.476. The number of hydrogen-bond donors (Lipinski definition) is 2. The van der Waals surface area contributed by atoms with Gasteiger partial charge in [0.05, 0.1) is 7.11 Å². The highest BCUT2D eigenvalue weighted by Crippen LogP contribution is 2.18. The van der Waals surface area contributed by atoms with Crippen LogP contribution in [0.3, 0.4) is 0 Å². The number of amides is 1. The SMILES string of the molecule is CNC(=O)C(=Cc1cccc(OCc2ccc(C)c(C)c2)c1)NOC. The number of likely N-dealkylation sites (N-methyl/N-ethyl adjacent to an activating group) is 1. The molecule has 0 aliphatic rings. The molecule has 0 spiro atoms. The van der Waals surface area contributed by atoms with Crippen LogP contribution in [0.5, 0.6) is 5.75 Å². The van der Waals surface area contributed by atoms with Crippen LogP contribution < -0.4 is 15.5 Å². The number of rotatable bonds is 7. The van der Waals surface area contributed by atoms with Crippen molar-refractivity contribution >= 4 is 12.0 Å². The Morgan fingerprint density at radius 1 is 1.12 bits per heavy atom. The Labute approximate surface area is 148 Å². The number of hydroxylamine groups is 1. The van der Waals surface area contributed by atoms with Gasteiger partial charge in [0.15, 0.2) is 0 Å². The smallest absolute Gasteiger partial charge is 0.269 e. The Morgan fingerprint density at radius 3 is 2.60 bits per heavy atom. The van der Waals surface area contributed by atoms with E-state index in [0.717, 1.165) is 16.9 Å². The monoisotopic (exact) mass is 340 g/mol. The van der Waals surface area contributed by atoms with Crippen molar-refractivity contribution in [2.45, 2.75) is 20.5 Å². The van der Waals surface area contributed by atoms with Crippen LogP contribution >= 0.6 is 0 Å². The van der Waals surface area contributed by atoms with E-state index in [9.17, 15) is 4.79 Å². The Hall–Kier alpha value is -2.79. The fourth-order valence-electron chi connectivity index (χ4n) is 2.31. The summed E-state index contributed by atoms with van der Waals surface area (Å²) in [6.45, 7) is 4.67. The molecular formula is C20H24N2O3. The van der Waals surface area contributed by atoms with E-state index in [0.29, 0.717) is 12.3 Å². The van der Waals surface area contributed by atoms with E-state index in [4.69, 9.17) is 9.57 Å². The molecule has 0 atom stereocenters. The van der Waals surface area contributed by atoms with Crippen LogP contribution in [0, 0.1) is 13.8 Å². The summed E-state index contributed by atoms with van der Waals surface area (Å²) in [7, 11) is 3.02. The van der Waals surface area contributed by atoms with E-state index in [1.807, 2.05) is 24.3 Å². The Morgan fingerprint density at radius 2 is 1.92 bits per heavy atom. The molecule has 0 bridgehead atoms. The van der Waals surface area contributed by atoms with E-state index in [2.05, 4.69) is 42.8 Å². The quantitative estimate of drug-likeness (QED) is 0.601. The molecule has 0 aliphatic heterocycles. The lowest BCUT2D eigenvalue weighted by Gasteiger charge is -2.10. The van der Waals surface area contributed by atoms with Gasteiger partial charge in [-0.05, 0) is 54.3 Å². The highest BCUT2D eigenvalue weighted by atomic mass is 16.6. The molecule has 0 aromatic heterocycles. The molecular weight excluding hydrogens is 316 g/mol. The summed E-state index contributed by atoms with van der Waals surface area (Å²) < 4.78 is 5.87. The molecule has 0 aliphatic carbocycles. The van der Waals surface area contributed by atoms with E-state index in [1.54, 1.807) is 13.1 Å². The predicted molar refractivity (Wildman–Crippen MR) is 98.9 cm³/mol. The predicted octanol–water partition coefficient (Wildman–Crippen LogP) is 3.12. The maximum atomic E-state index is 11.8.